The average molecular weight is 422 g/mol. The zero-order chi connectivity index (χ0) is 16.8. The van der Waals surface area contributed by atoms with Crippen LogP contribution in [0.1, 0.15) is 12.8 Å². The van der Waals surface area contributed by atoms with Gasteiger partial charge in [0.1, 0.15) is 18.4 Å². The number of hydrogen-bond donors (Lipinski definition) is 1. The van der Waals surface area contributed by atoms with E-state index in [1.807, 2.05) is 24.3 Å². The van der Waals surface area contributed by atoms with Crippen LogP contribution in [0.3, 0.4) is 0 Å². The van der Waals surface area contributed by atoms with Gasteiger partial charge in [0.15, 0.2) is 0 Å². The summed E-state index contributed by atoms with van der Waals surface area (Å²) < 4.78 is 6.57. The van der Waals surface area contributed by atoms with E-state index in [2.05, 4.69) is 15.9 Å². The first-order valence-corrected chi connectivity index (χ1v) is 8.36. The first-order chi connectivity index (χ1) is 11.0. The summed E-state index contributed by atoms with van der Waals surface area (Å²) in [5.41, 5.74) is 0. The van der Waals surface area contributed by atoms with Crippen molar-refractivity contribution in [2.24, 2.45) is 0 Å². The third-order valence-electron chi connectivity index (χ3n) is 3.92. The molecule has 24 heavy (non-hydrogen) atoms. The fourth-order valence-corrected chi connectivity index (χ4v) is 2.81. The SMILES string of the molecule is CN(CCOc1ccc(Br)cc1)C(=O)CN1CCC[C@@H]1C(=O)O.Cl. The highest BCUT2D eigenvalue weighted by molar-refractivity contribution is 9.10. The summed E-state index contributed by atoms with van der Waals surface area (Å²) in [5, 5.41) is 9.13. The maximum Gasteiger partial charge on any atom is 0.320 e. The van der Waals surface area contributed by atoms with Gasteiger partial charge >= 0.3 is 5.97 Å². The average Bonchev–Trinajstić information content (AvgIpc) is 2.97. The number of carbonyl (C=O) groups is 2. The van der Waals surface area contributed by atoms with Gasteiger partial charge in [0, 0.05) is 11.5 Å². The summed E-state index contributed by atoms with van der Waals surface area (Å²) in [5.74, 6) is -0.186. The highest BCUT2D eigenvalue weighted by atomic mass is 79.9. The molecule has 0 saturated carbocycles. The quantitative estimate of drug-likeness (QED) is 0.731. The lowest BCUT2D eigenvalue weighted by molar-refractivity contribution is -0.143. The number of likely N-dealkylation sites (N-methyl/N-ethyl adjacent to an activating group) is 1. The first-order valence-electron chi connectivity index (χ1n) is 7.56. The van der Waals surface area contributed by atoms with Gasteiger partial charge in [-0.1, -0.05) is 15.9 Å². The number of carboxylic acid groups (broad SMARTS) is 1. The van der Waals surface area contributed by atoms with Crippen LogP contribution < -0.4 is 4.74 Å². The van der Waals surface area contributed by atoms with Gasteiger partial charge in [-0.2, -0.15) is 0 Å². The first kappa shape index (κ1) is 20.7. The molecule has 0 aromatic heterocycles. The van der Waals surface area contributed by atoms with Gasteiger partial charge in [-0.3, -0.25) is 14.5 Å². The third kappa shape index (κ3) is 5.96. The van der Waals surface area contributed by atoms with E-state index < -0.39 is 12.0 Å². The van der Waals surface area contributed by atoms with Crippen LogP contribution in [0.15, 0.2) is 28.7 Å². The van der Waals surface area contributed by atoms with Gasteiger partial charge in [-0.15, -0.1) is 12.4 Å². The molecule has 1 N–H and O–H groups in total. The molecule has 1 aromatic rings. The Kier molecular flexibility index (Phi) is 8.52. The van der Waals surface area contributed by atoms with Crippen molar-refractivity contribution in [3.63, 3.8) is 0 Å². The number of ether oxygens (including phenoxy) is 1. The molecule has 6 nitrogen and oxygen atoms in total. The van der Waals surface area contributed by atoms with E-state index in [9.17, 15) is 9.59 Å². The van der Waals surface area contributed by atoms with Crippen LogP contribution in [-0.4, -0.2) is 66.1 Å². The van der Waals surface area contributed by atoms with Crippen molar-refractivity contribution in [2.45, 2.75) is 18.9 Å². The van der Waals surface area contributed by atoms with Crippen molar-refractivity contribution in [1.82, 2.24) is 9.80 Å². The fraction of sp³-hybridized carbons (Fsp3) is 0.500. The molecule has 0 radical (unpaired) electrons. The van der Waals surface area contributed by atoms with E-state index in [4.69, 9.17) is 9.84 Å². The Bertz CT molecular complexity index is 556. The number of halogens is 2. The van der Waals surface area contributed by atoms with Crippen LogP contribution in [0.2, 0.25) is 0 Å². The summed E-state index contributed by atoms with van der Waals surface area (Å²) in [6, 6.07) is 6.96. The van der Waals surface area contributed by atoms with Gasteiger partial charge in [0.2, 0.25) is 5.91 Å². The third-order valence-corrected chi connectivity index (χ3v) is 4.45. The molecule has 0 bridgehead atoms. The molecule has 1 atom stereocenters. The molecular formula is C16H22BrClN2O4. The minimum Gasteiger partial charge on any atom is -0.492 e. The number of benzene rings is 1. The van der Waals surface area contributed by atoms with Gasteiger partial charge in [0.05, 0.1) is 13.1 Å². The van der Waals surface area contributed by atoms with Crippen LogP contribution in [0, 0.1) is 0 Å². The summed E-state index contributed by atoms with van der Waals surface area (Å²) in [4.78, 5) is 26.6. The van der Waals surface area contributed by atoms with Crippen molar-refractivity contribution < 1.29 is 19.4 Å². The molecule has 0 unspecified atom stereocenters. The summed E-state index contributed by atoms with van der Waals surface area (Å²) in [6.45, 7) is 1.66. The van der Waals surface area contributed by atoms with E-state index in [-0.39, 0.29) is 24.9 Å². The molecule has 1 heterocycles. The second-order valence-corrected chi connectivity index (χ2v) is 6.50. The zero-order valence-corrected chi connectivity index (χ0v) is 15.9. The Morgan fingerprint density at radius 3 is 2.67 bits per heavy atom. The molecule has 1 saturated heterocycles. The number of carbonyl (C=O) groups excluding carboxylic acids is 1. The lowest BCUT2D eigenvalue weighted by Crippen LogP contribution is -2.44. The van der Waals surface area contributed by atoms with Gasteiger partial charge in [-0.25, -0.2) is 0 Å². The number of amides is 1. The monoisotopic (exact) mass is 420 g/mol. The number of carboxylic acids is 1. The molecule has 2 rings (SSSR count). The van der Waals surface area contributed by atoms with E-state index in [0.717, 1.165) is 16.6 Å². The predicted molar refractivity (Wildman–Crippen MR) is 96.8 cm³/mol. The molecule has 1 fully saturated rings. The molecule has 1 aromatic carbocycles. The van der Waals surface area contributed by atoms with Crippen molar-refractivity contribution in [1.29, 1.82) is 0 Å². The topological polar surface area (TPSA) is 70.1 Å². The van der Waals surface area contributed by atoms with E-state index in [0.29, 0.717) is 26.1 Å². The second kappa shape index (κ2) is 9.86. The molecule has 1 amide bonds. The van der Waals surface area contributed by atoms with Crippen LogP contribution in [0.5, 0.6) is 5.75 Å². The molecule has 0 aliphatic carbocycles. The number of hydrogen-bond acceptors (Lipinski definition) is 4. The van der Waals surface area contributed by atoms with Crippen molar-refractivity contribution in [3.05, 3.63) is 28.7 Å². The molecule has 134 valence electrons. The largest absolute Gasteiger partial charge is 0.492 e. The van der Waals surface area contributed by atoms with Crippen molar-refractivity contribution in [2.75, 3.05) is 33.3 Å². The van der Waals surface area contributed by atoms with E-state index in [1.165, 1.54) is 0 Å². The Labute approximate surface area is 156 Å². The minimum atomic E-state index is -0.850. The lowest BCUT2D eigenvalue weighted by Gasteiger charge is -2.24. The van der Waals surface area contributed by atoms with Crippen molar-refractivity contribution >= 4 is 40.2 Å². The molecule has 1 aliphatic heterocycles. The van der Waals surface area contributed by atoms with Crippen LogP contribution >= 0.6 is 28.3 Å². The molecule has 0 spiro atoms. The van der Waals surface area contributed by atoms with Gasteiger partial charge in [0.25, 0.3) is 0 Å². The molecular weight excluding hydrogens is 400 g/mol. The highest BCUT2D eigenvalue weighted by Crippen LogP contribution is 2.17. The minimum absolute atomic E-state index is 0. The predicted octanol–water partition coefficient (Wildman–Crippen LogP) is 2.26. The Morgan fingerprint density at radius 2 is 2.04 bits per heavy atom. The second-order valence-electron chi connectivity index (χ2n) is 5.58. The standard InChI is InChI=1S/C16H21BrN2O4.ClH/c1-18(9-10-23-13-6-4-12(17)5-7-13)15(20)11-19-8-2-3-14(19)16(21)22;/h4-7,14H,2-3,8-11H2,1H3,(H,21,22);1H/t14-;/m1./s1. The molecule has 8 heteroatoms. The molecule has 1 aliphatic rings. The van der Waals surface area contributed by atoms with E-state index >= 15 is 0 Å². The highest BCUT2D eigenvalue weighted by Gasteiger charge is 2.32. The van der Waals surface area contributed by atoms with Gasteiger partial charge < -0.3 is 14.7 Å². The number of nitrogens with zero attached hydrogens (tertiary/aromatic N) is 2. The number of rotatable bonds is 7. The summed E-state index contributed by atoms with van der Waals surface area (Å²) in [6.07, 6.45) is 1.43. The van der Waals surface area contributed by atoms with Crippen LogP contribution in [0.4, 0.5) is 0 Å². The Balaban J connectivity index is 0.00000288. The van der Waals surface area contributed by atoms with Crippen molar-refractivity contribution in [3.8, 4) is 5.75 Å². The fourth-order valence-electron chi connectivity index (χ4n) is 2.55. The van der Waals surface area contributed by atoms with Gasteiger partial charge in [-0.05, 0) is 43.7 Å². The van der Waals surface area contributed by atoms with Crippen LogP contribution in [0.25, 0.3) is 0 Å². The lowest BCUT2D eigenvalue weighted by atomic mass is 10.2. The Hall–Kier alpha value is -1.31. The maximum absolute atomic E-state index is 12.2. The normalized spacial score (nSPS) is 17.2. The summed E-state index contributed by atoms with van der Waals surface area (Å²) >= 11 is 3.36. The smallest absolute Gasteiger partial charge is 0.320 e. The van der Waals surface area contributed by atoms with E-state index in [1.54, 1.807) is 16.8 Å². The number of aliphatic carboxylic acids is 1. The van der Waals surface area contributed by atoms with Crippen LogP contribution in [-0.2, 0) is 9.59 Å². The summed E-state index contributed by atoms with van der Waals surface area (Å²) in [7, 11) is 1.71. The maximum atomic E-state index is 12.2. The Morgan fingerprint density at radius 1 is 1.38 bits per heavy atom. The zero-order valence-electron chi connectivity index (χ0n) is 13.5. The number of likely N-dealkylation sites (tertiary alicyclic amines) is 1.